The predicted molar refractivity (Wildman–Crippen MR) is 48.1 cm³/mol. The van der Waals surface area contributed by atoms with Crippen molar-refractivity contribution in [3.05, 3.63) is 0 Å². The normalized spacial score (nSPS) is 21.1. The first kappa shape index (κ1) is 12.5. The largest absolute Gasteiger partial charge is 0.390 e. The maximum absolute atomic E-state index is 10.1. The van der Waals surface area contributed by atoms with E-state index in [-0.39, 0.29) is 12.2 Å². The highest BCUT2D eigenvalue weighted by molar-refractivity contribution is 6.31. The second-order valence-electron chi connectivity index (χ2n) is 2.24. The summed E-state index contributed by atoms with van der Waals surface area (Å²) < 4.78 is 0. The molecule has 0 fully saturated rings. The molecule has 0 saturated heterocycles. The quantitative estimate of drug-likeness (QED) is 0.534. The fraction of sp³-hybridized carbons (Fsp3) is 0.833. The van der Waals surface area contributed by atoms with E-state index in [0.29, 0.717) is 0 Å². The van der Waals surface area contributed by atoms with Crippen LogP contribution in [0.2, 0.25) is 0 Å². The summed E-state index contributed by atoms with van der Waals surface area (Å²) in [4.78, 5) is 10.1. The monoisotopic (exact) mass is 234 g/mol. The lowest BCUT2D eigenvalue weighted by molar-refractivity contribution is -0.115. The molecule has 0 aromatic heterocycles. The Kier molecular flexibility index (Phi) is 6.23. The van der Waals surface area contributed by atoms with E-state index in [9.17, 15) is 4.79 Å². The van der Waals surface area contributed by atoms with Crippen molar-refractivity contribution in [1.82, 2.24) is 0 Å². The maximum atomic E-state index is 10.1. The summed E-state index contributed by atoms with van der Waals surface area (Å²) >= 11 is 16.4. The Morgan fingerprint density at radius 1 is 1.25 bits per heavy atom. The van der Waals surface area contributed by atoms with Crippen LogP contribution in [0.4, 0.5) is 0 Å². The third-order valence-corrected chi connectivity index (χ3v) is 2.83. The standard InChI is InChI=1S/C6H9Cl3O3/c7-1-3(11)5(8)6(9)4(12)2-10/h2-6,11-12H,1H2. The minimum atomic E-state index is -1.38. The fourth-order valence-electron chi connectivity index (χ4n) is 0.561. The minimum Gasteiger partial charge on any atom is -0.390 e. The van der Waals surface area contributed by atoms with Gasteiger partial charge in [0.1, 0.15) is 12.4 Å². The Hall–Kier alpha value is 0.460. The molecule has 6 heteroatoms. The molecule has 2 N–H and O–H groups in total. The Labute approximate surface area is 85.2 Å². The minimum absolute atomic E-state index is 0.0943. The van der Waals surface area contributed by atoms with Crippen molar-refractivity contribution in [2.45, 2.75) is 23.0 Å². The lowest BCUT2D eigenvalue weighted by atomic mass is 10.1. The molecule has 0 saturated carbocycles. The van der Waals surface area contributed by atoms with Crippen LogP contribution in [0.5, 0.6) is 0 Å². The zero-order valence-corrected chi connectivity index (χ0v) is 8.30. The van der Waals surface area contributed by atoms with E-state index >= 15 is 0 Å². The van der Waals surface area contributed by atoms with Gasteiger partial charge in [-0.15, -0.1) is 34.8 Å². The van der Waals surface area contributed by atoms with Gasteiger partial charge in [-0.1, -0.05) is 0 Å². The zero-order chi connectivity index (χ0) is 9.72. The van der Waals surface area contributed by atoms with Gasteiger partial charge < -0.3 is 15.0 Å². The molecule has 0 spiro atoms. The van der Waals surface area contributed by atoms with Gasteiger partial charge >= 0.3 is 0 Å². The molecule has 0 bridgehead atoms. The maximum Gasteiger partial charge on any atom is 0.150 e. The second kappa shape index (κ2) is 6.00. The molecule has 0 aromatic rings. The lowest BCUT2D eigenvalue weighted by Gasteiger charge is -2.20. The van der Waals surface area contributed by atoms with Crippen LogP contribution in [-0.2, 0) is 4.79 Å². The molecule has 0 rings (SSSR count). The van der Waals surface area contributed by atoms with Crippen molar-refractivity contribution in [2.75, 3.05) is 5.88 Å². The molecule has 12 heavy (non-hydrogen) atoms. The summed E-state index contributed by atoms with van der Waals surface area (Å²) in [5, 5.41) is 16.0. The van der Waals surface area contributed by atoms with Gasteiger partial charge in [0.2, 0.25) is 0 Å². The van der Waals surface area contributed by atoms with Crippen molar-refractivity contribution in [2.24, 2.45) is 0 Å². The topological polar surface area (TPSA) is 57.5 Å². The number of rotatable bonds is 5. The van der Waals surface area contributed by atoms with Crippen LogP contribution < -0.4 is 0 Å². The number of aldehydes is 1. The Bertz CT molecular complexity index is 144. The van der Waals surface area contributed by atoms with Crippen LogP contribution >= 0.6 is 34.8 Å². The molecule has 3 nitrogen and oxygen atoms in total. The van der Waals surface area contributed by atoms with E-state index in [1.165, 1.54) is 0 Å². The molecule has 0 aliphatic heterocycles. The number of hydrogen-bond donors (Lipinski definition) is 2. The predicted octanol–water partition coefficient (Wildman–Crippen LogP) is 0.361. The lowest BCUT2D eigenvalue weighted by Crippen LogP contribution is -2.38. The van der Waals surface area contributed by atoms with Crippen molar-refractivity contribution in [3.63, 3.8) is 0 Å². The highest BCUT2D eigenvalue weighted by Crippen LogP contribution is 2.17. The van der Waals surface area contributed by atoms with E-state index < -0.39 is 23.0 Å². The molecule has 4 atom stereocenters. The number of alkyl halides is 3. The summed E-state index contributed by atoms with van der Waals surface area (Å²) in [6, 6.07) is 0. The van der Waals surface area contributed by atoms with Gasteiger partial charge in [-0.3, -0.25) is 0 Å². The van der Waals surface area contributed by atoms with Crippen LogP contribution in [0.1, 0.15) is 0 Å². The summed E-state index contributed by atoms with van der Waals surface area (Å²) in [5.74, 6) is -0.0943. The molecule has 0 aromatic carbocycles. The van der Waals surface area contributed by atoms with E-state index in [1.807, 2.05) is 0 Å². The summed E-state index contributed by atoms with van der Waals surface area (Å²) in [7, 11) is 0. The van der Waals surface area contributed by atoms with Gasteiger partial charge in [-0.2, -0.15) is 0 Å². The summed E-state index contributed by atoms with van der Waals surface area (Å²) in [6.45, 7) is 0. The molecule has 0 aliphatic carbocycles. The van der Waals surface area contributed by atoms with Crippen LogP contribution in [0, 0.1) is 0 Å². The molecule has 72 valence electrons. The zero-order valence-electron chi connectivity index (χ0n) is 6.03. The van der Waals surface area contributed by atoms with E-state index in [4.69, 9.17) is 45.0 Å². The number of carbonyl (C=O) groups is 1. The van der Waals surface area contributed by atoms with Gasteiger partial charge in [-0.05, 0) is 0 Å². The third kappa shape index (κ3) is 3.46. The SMILES string of the molecule is O=CC(O)C(Cl)C(Cl)C(O)CCl. The number of hydrogen-bond acceptors (Lipinski definition) is 3. The molecule has 0 aliphatic rings. The number of aliphatic hydroxyl groups is 2. The molecule has 4 unspecified atom stereocenters. The Morgan fingerprint density at radius 2 is 1.75 bits per heavy atom. The van der Waals surface area contributed by atoms with Gasteiger partial charge in [-0.25, -0.2) is 0 Å². The summed E-state index contributed by atoms with van der Waals surface area (Å²) in [5.41, 5.74) is 0. The van der Waals surface area contributed by atoms with Crippen LogP contribution in [0.25, 0.3) is 0 Å². The van der Waals surface area contributed by atoms with Gasteiger partial charge in [0.25, 0.3) is 0 Å². The highest BCUT2D eigenvalue weighted by Gasteiger charge is 2.29. The first-order chi connectivity index (χ1) is 5.54. The molecular weight excluding hydrogens is 226 g/mol. The Balaban J connectivity index is 4.07. The van der Waals surface area contributed by atoms with Crippen molar-refractivity contribution in [3.8, 4) is 0 Å². The highest BCUT2D eigenvalue weighted by atomic mass is 35.5. The average molecular weight is 235 g/mol. The van der Waals surface area contributed by atoms with E-state index in [0.717, 1.165) is 0 Å². The molecular formula is C6H9Cl3O3. The van der Waals surface area contributed by atoms with Gasteiger partial charge in [0.05, 0.1) is 16.9 Å². The molecule has 0 amide bonds. The third-order valence-electron chi connectivity index (χ3n) is 1.30. The van der Waals surface area contributed by atoms with Gasteiger partial charge in [0.15, 0.2) is 0 Å². The van der Waals surface area contributed by atoms with Crippen molar-refractivity contribution in [1.29, 1.82) is 0 Å². The van der Waals surface area contributed by atoms with E-state index in [1.54, 1.807) is 0 Å². The van der Waals surface area contributed by atoms with Crippen LogP contribution in [0.3, 0.4) is 0 Å². The summed E-state index contributed by atoms with van der Waals surface area (Å²) in [6.07, 6.45) is -2.16. The molecule has 0 heterocycles. The molecule has 0 radical (unpaired) electrons. The number of halogens is 3. The van der Waals surface area contributed by atoms with Crippen LogP contribution in [0.15, 0.2) is 0 Å². The smallest absolute Gasteiger partial charge is 0.150 e. The van der Waals surface area contributed by atoms with Gasteiger partial charge in [0, 0.05) is 5.88 Å². The number of carbonyl (C=O) groups excluding carboxylic acids is 1. The first-order valence-electron chi connectivity index (χ1n) is 3.20. The van der Waals surface area contributed by atoms with Crippen molar-refractivity contribution >= 4 is 41.1 Å². The fourth-order valence-corrected chi connectivity index (χ4v) is 1.31. The number of aliphatic hydroxyl groups excluding tert-OH is 2. The first-order valence-corrected chi connectivity index (χ1v) is 4.60. The van der Waals surface area contributed by atoms with E-state index in [2.05, 4.69) is 0 Å². The van der Waals surface area contributed by atoms with Crippen molar-refractivity contribution < 1.29 is 15.0 Å². The second-order valence-corrected chi connectivity index (χ2v) is 3.55. The average Bonchev–Trinajstić information content (AvgIpc) is 2.12. The Morgan fingerprint density at radius 3 is 2.08 bits per heavy atom. The van der Waals surface area contributed by atoms with Crippen LogP contribution in [-0.4, -0.2) is 45.3 Å².